The predicted molar refractivity (Wildman–Crippen MR) is 130 cm³/mol. The van der Waals surface area contributed by atoms with E-state index in [2.05, 4.69) is 23.3 Å². The second-order valence-corrected chi connectivity index (χ2v) is 9.38. The fraction of sp³-hybridized carbons (Fsp3) is 0.583. The highest BCUT2D eigenvalue weighted by Gasteiger charge is 2.43. The van der Waals surface area contributed by atoms with Gasteiger partial charge in [0.1, 0.15) is 17.7 Å². The molecule has 1 aliphatic carbocycles. The Kier molecular flexibility index (Phi) is 10.2. The van der Waals surface area contributed by atoms with Crippen LogP contribution in [-0.4, -0.2) is 65.4 Å². The van der Waals surface area contributed by atoms with Crippen molar-refractivity contribution < 1.29 is 28.7 Å². The Labute approximate surface area is 206 Å². The molecule has 34 heavy (non-hydrogen) atoms. The van der Waals surface area contributed by atoms with Crippen molar-refractivity contribution in [1.82, 2.24) is 15.5 Å². The minimum atomic E-state index is -0.975. The Morgan fingerprint density at radius 2 is 1.79 bits per heavy atom. The van der Waals surface area contributed by atoms with Gasteiger partial charge in [-0.05, 0) is 46.1 Å². The number of thiol groups is 1. The first-order chi connectivity index (χ1) is 16.1. The first-order valence-corrected chi connectivity index (χ1v) is 12.1. The maximum absolute atomic E-state index is 13.6. The van der Waals surface area contributed by atoms with Gasteiger partial charge in [-0.1, -0.05) is 30.3 Å². The molecule has 0 heterocycles. The van der Waals surface area contributed by atoms with Gasteiger partial charge in [-0.3, -0.25) is 14.4 Å². The molecule has 0 bridgehead atoms. The fourth-order valence-corrected chi connectivity index (χ4v) is 3.62. The average Bonchev–Trinajstić information content (AvgIpc) is 3.59. The summed E-state index contributed by atoms with van der Waals surface area (Å²) in [5, 5.41) is 5.33. The molecule has 188 valence electrons. The highest BCUT2D eigenvalue weighted by Crippen LogP contribution is 2.35. The summed E-state index contributed by atoms with van der Waals surface area (Å²) in [5.74, 6) is -1.21. The Balaban J connectivity index is 2.24. The van der Waals surface area contributed by atoms with Gasteiger partial charge < -0.3 is 25.0 Å². The normalized spacial score (nSPS) is 15.0. The summed E-state index contributed by atoms with van der Waals surface area (Å²) in [7, 11) is 0. The molecule has 1 aromatic rings. The largest absolute Gasteiger partial charge is 0.466 e. The number of rotatable bonds is 11. The minimum Gasteiger partial charge on any atom is -0.466 e. The molecule has 0 aliphatic heterocycles. The van der Waals surface area contributed by atoms with Crippen LogP contribution < -0.4 is 10.6 Å². The number of alkyl carbamates (subject to hydrolysis) is 1. The van der Waals surface area contributed by atoms with Crippen molar-refractivity contribution in [1.29, 1.82) is 0 Å². The number of nitrogens with zero attached hydrogens (tertiary/aromatic N) is 1. The lowest BCUT2D eigenvalue weighted by atomic mass is 10.0. The van der Waals surface area contributed by atoms with Gasteiger partial charge >= 0.3 is 12.1 Å². The lowest BCUT2D eigenvalue weighted by molar-refractivity contribution is -0.144. The van der Waals surface area contributed by atoms with E-state index in [1.165, 1.54) is 4.90 Å². The lowest BCUT2D eigenvalue weighted by Gasteiger charge is -2.34. The number of hydrogen-bond donors (Lipinski definition) is 3. The maximum atomic E-state index is 13.6. The third kappa shape index (κ3) is 8.55. The molecule has 10 heteroatoms. The zero-order valence-corrected chi connectivity index (χ0v) is 21.1. The molecule has 0 saturated heterocycles. The van der Waals surface area contributed by atoms with Crippen LogP contribution in [0.2, 0.25) is 0 Å². The quantitative estimate of drug-likeness (QED) is 0.323. The van der Waals surface area contributed by atoms with Crippen LogP contribution in [0.4, 0.5) is 4.79 Å². The average molecular weight is 494 g/mol. The Hall–Kier alpha value is -2.75. The van der Waals surface area contributed by atoms with E-state index in [9.17, 15) is 19.2 Å². The van der Waals surface area contributed by atoms with Crippen LogP contribution in [0.25, 0.3) is 0 Å². The van der Waals surface area contributed by atoms with Crippen LogP contribution in [0, 0.1) is 0 Å². The van der Waals surface area contributed by atoms with E-state index in [0.717, 1.165) is 12.8 Å². The molecule has 1 saturated carbocycles. The molecule has 9 nitrogen and oxygen atoms in total. The molecular formula is C24H35N3O6S. The molecule has 2 atom stereocenters. The summed E-state index contributed by atoms with van der Waals surface area (Å²) in [6.45, 7) is 7.25. The molecule has 0 radical (unpaired) electrons. The van der Waals surface area contributed by atoms with Gasteiger partial charge in [0.2, 0.25) is 11.8 Å². The third-order valence-electron chi connectivity index (χ3n) is 4.94. The number of carbonyl (C=O) groups is 4. The number of hydrogen-bond acceptors (Lipinski definition) is 7. The summed E-state index contributed by atoms with van der Waals surface area (Å²) in [5.41, 5.74) is -0.0953. The molecule has 2 unspecified atom stereocenters. The monoisotopic (exact) mass is 493 g/mol. The highest BCUT2D eigenvalue weighted by molar-refractivity contribution is 7.80. The van der Waals surface area contributed by atoms with Crippen molar-refractivity contribution in [3.05, 3.63) is 35.9 Å². The second kappa shape index (κ2) is 12.6. The lowest BCUT2D eigenvalue weighted by Crippen LogP contribution is -2.54. The molecule has 0 spiro atoms. The number of benzene rings is 1. The van der Waals surface area contributed by atoms with E-state index < -0.39 is 41.6 Å². The van der Waals surface area contributed by atoms with Gasteiger partial charge in [0, 0.05) is 18.3 Å². The Morgan fingerprint density at radius 1 is 1.15 bits per heavy atom. The first-order valence-electron chi connectivity index (χ1n) is 11.5. The smallest absolute Gasteiger partial charge is 0.408 e. The summed E-state index contributed by atoms with van der Waals surface area (Å²) < 4.78 is 10.2. The van der Waals surface area contributed by atoms with Crippen LogP contribution in [-0.2, 0) is 23.9 Å². The van der Waals surface area contributed by atoms with Crippen LogP contribution in [0.3, 0.4) is 0 Å². The minimum absolute atomic E-state index is 0.0257. The van der Waals surface area contributed by atoms with Gasteiger partial charge in [0.15, 0.2) is 0 Å². The van der Waals surface area contributed by atoms with Crippen molar-refractivity contribution in [2.75, 3.05) is 18.9 Å². The van der Waals surface area contributed by atoms with Crippen LogP contribution in [0.1, 0.15) is 58.6 Å². The van der Waals surface area contributed by atoms with Crippen molar-refractivity contribution in [3.8, 4) is 0 Å². The Bertz CT molecular complexity index is 854. The van der Waals surface area contributed by atoms with Crippen molar-refractivity contribution in [3.63, 3.8) is 0 Å². The number of ether oxygens (including phenoxy) is 2. The van der Waals surface area contributed by atoms with Crippen LogP contribution in [0.5, 0.6) is 0 Å². The summed E-state index contributed by atoms with van der Waals surface area (Å²) in [6, 6.07) is 6.91. The van der Waals surface area contributed by atoms with E-state index in [1.807, 2.05) is 6.07 Å². The SMILES string of the molecule is CCOC(=O)CCNC(=O)C(c1ccccc1)N(C(=O)C(CS)NC(=O)OC(C)(C)C)C1CC1. The summed E-state index contributed by atoms with van der Waals surface area (Å²) in [6.07, 6.45) is 0.789. The fourth-order valence-electron chi connectivity index (χ4n) is 3.38. The number of nitrogens with one attached hydrogen (secondary N) is 2. The predicted octanol–water partition coefficient (Wildman–Crippen LogP) is 2.61. The van der Waals surface area contributed by atoms with Gasteiger partial charge in [0.25, 0.3) is 0 Å². The topological polar surface area (TPSA) is 114 Å². The molecule has 2 N–H and O–H groups in total. The van der Waals surface area contributed by atoms with E-state index >= 15 is 0 Å². The molecule has 1 fully saturated rings. The maximum Gasteiger partial charge on any atom is 0.408 e. The van der Waals surface area contributed by atoms with Crippen molar-refractivity contribution in [2.45, 2.75) is 70.7 Å². The van der Waals surface area contributed by atoms with E-state index in [-0.39, 0.29) is 31.4 Å². The van der Waals surface area contributed by atoms with E-state index in [0.29, 0.717) is 5.56 Å². The third-order valence-corrected chi connectivity index (χ3v) is 5.31. The van der Waals surface area contributed by atoms with Crippen LogP contribution in [0.15, 0.2) is 30.3 Å². The number of amides is 3. The van der Waals surface area contributed by atoms with E-state index in [4.69, 9.17) is 9.47 Å². The second-order valence-electron chi connectivity index (χ2n) is 9.02. The molecule has 2 rings (SSSR count). The summed E-state index contributed by atoms with van der Waals surface area (Å²) in [4.78, 5) is 52.4. The summed E-state index contributed by atoms with van der Waals surface area (Å²) >= 11 is 4.26. The molecular weight excluding hydrogens is 458 g/mol. The highest BCUT2D eigenvalue weighted by atomic mass is 32.1. The van der Waals surface area contributed by atoms with Crippen LogP contribution >= 0.6 is 12.6 Å². The van der Waals surface area contributed by atoms with E-state index in [1.54, 1.807) is 52.0 Å². The number of esters is 1. The van der Waals surface area contributed by atoms with Gasteiger partial charge in [-0.15, -0.1) is 0 Å². The van der Waals surface area contributed by atoms with Gasteiger partial charge in [-0.25, -0.2) is 4.79 Å². The van der Waals surface area contributed by atoms with Gasteiger partial charge in [-0.2, -0.15) is 12.6 Å². The van der Waals surface area contributed by atoms with Gasteiger partial charge in [0.05, 0.1) is 13.0 Å². The Morgan fingerprint density at radius 3 is 2.32 bits per heavy atom. The molecule has 1 aromatic carbocycles. The zero-order chi connectivity index (χ0) is 25.3. The zero-order valence-electron chi connectivity index (χ0n) is 20.2. The number of carbonyl (C=O) groups excluding carboxylic acids is 4. The molecule has 1 aliphatic rings. The molecule has 3 amide bonds. The van der Waals surface area contributed by atoms with Crippen molar-refractivity contribution in [2.24, 2.45) is 0 Å². The molecule has 0 aromatic heterocycles. The van der Waals surface area contributed by atoms with Crippen molar-refractivity contribution >= 4 is 36.5 Å². The first kappa shape index (κ1) is 27.5. The standard InChI is InChI=1S/C24H35N3O6S/c1-5-32-19(28)13-14-25-21(29)20(16-9-7-6-8-10-16)27(17-11-12-17)22(30)18(15-34)26-23(31)33-24(2,3)4/h6-10,17-18,20,34H,5,11-15H2,1-4H3,(H,25,29)(H,26,31).